The number of carboxylic acids is 1. The van der Waals surface area contributed by atoms with Crippen molar-refractivity contribution in [2.45, 2.75) is 32.3 Å². The van der Waals surface area contributed by atoms with E-state index in [1.54, 1.807) is 26.0 Å². The SMILES string of the molecule is CCN1CCN(C(=O)NC(C(=O)N[C@H]2Cc3cccc(C(=O)O)c3OB2O)c2ccc(C)cn2)C(=O)C1=O. The predicted molar refractivity (Wildman–Crippen MR) is 132 cm³/mol. The van der Waals surface area contributed by atoms with Gasteiger partial charge in [0.15, 0.2) is 6.04 Å². The maximum atomic E-state index is 13.4. The Morgan fingerprint density at radius 2 is 1.95 bits per heavy atom. The van der Waals surface area contributed by atoms with E-state index in [9.17, 15) is 34.1 Å². The lowest BCUT2D eigenvalue weighted by Gasteiger charge is -2.33. The van der Waals surface area contributed by atoms with Crippen molar-refractivity contribution in [3.63, 3.8) is 0 Å². The van der Waals surface area contributed by atoms with Gasteiger partial charge in [0.25, 0.3) is 0 Å². The molecule has 2 aliphatic heterocycles. The number of amides is 5. The van der Waals surface area contributed by atoms with Crippen LogP contribution in [0.5, 0.6) is 5.75 Å². The zero-order valence-corrected chi connectivity index (χ0v) is 20.7. The molecule has 1 aromatic carbocycles. The number of fused-ring (bicyclic) bond motifs is 1. The molecule has 2 atom stereocenters. The number of likely N-dealkylation sites (N-methyl/N-ethyl adjacent to an activating group) is 1. The van der Waals surface area contributed by atoms with Crippen molar-refractivity contribution in [2.75, 3.05) is 19.6 Å². The van der Waals surface area contributed by atoms with Crippen LogP contribution in [0.4, 0.5) is 4.79 Å². The van der Waals surface area contributed by atoms with E-state index in [1.807, 2.05) is 0 Å². The van der Waals surface area contributed by atoms with E-state index in [0.29, 0.717) is 12.1 Å². The summed E-state index contributed by atoms with van der Waals surface area (Å²) in [6, 6.07) is 5.38. The fourth-order valence-electron chi connectivity index (χ4n) is 4.28. The lowest BCUT2D eigenvalue weighted by atomic mass is 9.72. The van der Waals surface area contributed by atoms with E-state index >= 15 is 0 Å². The van der Waals surface area contributed by atoms with Gasteiger partial charge in [-0.25, -0.2) is 9.59 Å². The zero-order valence-electron chi connectivity index (χ0n) is 20.7. The first kappa shape index (κ1) is 26.6. The van der Waals surface area contributed by atoms with Crippen LogP contribution < -0.4 is 15.3 Å². The molecule has 198 valence electrons. The molecule has 1 unspecified atom stereocenters. The van der Waals surface area contributed by atoms with Crippen LogP contribution in [0.1, 0.15) is 40.1 Å². The van der Waals surface area contributed by atoms with Gasteiger partial charge in [0.1, 0.15) is 5.75 Å². The Morgan fingerprint density at radius 1 is 1.18 bits per heavy atom. The fourth-order valence-corrected chi connectivity index (χ4v) is 4.28. The number of hydrogen-bond donors (Lipinski definition) is 4. The minimum atomic E-state index is -1.57. The number of nitrogens with one attached hydrogen (secondary N) is 2. The Hall–Kier alpha value is -4.46. The maximum Gasteiger partial charge on any atom is 0.547 e. The highest BCUT2D eigenvalue weighted by molar-refractivity contribution is 6.47. The van der Waals surface area contributed by atoms with Crippen LogP contribution in [0.15, 0.2) is 36.5 Å². The molecular weight excluding hydrogens is 497 g/mol. The number of pyridine rings is 1. The average Bonchev–Trinajstić information content (AvgIpc) is 2.89. The Balaban J connectivity index is 1.54. The van der Waals surface area contributed by atoms with Crippen LogP contribution in [0.25, 0.3) is 0 Å². The fraction of sp³-hybridized carbons (Fsp3) is 0.333. The second-order valence-corrected chi connectivity index (χ2v) is 8.91. The number of carbonyl (C=O) groups excluding carboxylic acids is 4. The van der Waals surface area contributed by atoms with Crippen molar-refractivity contribution in [2.24, 2.45) is 0 Å². The molecule has 0 saturated carbocycles. The Kier molecular flexibility index (Phi) is 7.62. The third kappa shape index (κ3) is 5.30. The number of imide groups is 1. The maximum absolute atomic E-state index is 13.4. The van der Waals surface area contributed by atoms with Gasteiger partial charge < -0.3 is 30.3 Å². The first-order chi connectivity index (χ1) is 18.1. The third-order valence-corrected chi connectivity index (χ3v) is 6.37. The summed E-state index contributed by atoms with van der Waals surface area (Å²) < 4.78 is 5.42. The highest BCUT2D eigenvalue weighted by Crippen LogP contribution is 2.30. The number of aromatic nitrogens is 1. The second kappa shape index (κ2) is 10.9. The number of carbonyl (C=O) groups is 5. The number of nitrogens with zero attached hydrogens (tertiary/aromatic N) is 3. The number of para-hydroxylation sites is 1. The number of urea groups is 1. The van der Waals surface area contributed by atoms with E-state index in [4.69, 9.17) is 4.65 Å². The molecule has 13 nitrogen and oxygen atoms in total. The number of aromatic carboxylic acids is 1. The molecule has 5 amide bonds. The van der Waals surface area contributed by atoms with Gasteiger partial charge in [-0.15, -0.1) is 0 Å². The highest BCUT2D eigenvalue weighted by Gasteiger charge is 2.41. The van der Waals surface area contributed by atoms with Crippen molar-refractivity contribution in [3.05, 3.63) is 58.9 Å². The van der Waals surface area contributed by atoms with Gasteiger partial charge in [-0.05, 0) is 43.5 Å². The van der Waals surface area contributed by atoms with Crippen molar-refractivity contribution >= 4 is 36.8 Å². The standard InChI is InChI=1S/C24H26BN5O8/c1-3-29-9-10-30(22(33)21(29)32)24(36)28-18(16-8-7-13(2)12-26-16)20(31)27-17-11-14-5-4-6-15(23(34)35)19(14)38-25(17)37/h4-8,12,17-18,37H,3,9-11H2,1-2H3,(H,27,31)(H,28,36)(H,34,35)/t17-,18?/m0/s1. The zero-order chi connectivity index (χ0) is 27.6. The lowest BCUT2D eigenvalue weighted by Crippen LogP contribution is -2.60. The number of hydrogen-bond acceptors (Lipinski definition) is 8. The van der Waals surface area contributed by atoms with E-state index in [2.05, 4.69) is 15.6 Å². The van der Waals surface area contributed by atoms with Crippen molar-refractivity contribution < 1.29 is 38.8 Å². The molecule has 1 aromatic heterocycles. The summed E-state index contributed by atoms with van der Waals surface area (Å²) in [5.41, 5.74) is 1.31. The number of aryl methyl sites for hydroxylation is 1. The van der Waals surface area contributed by atoms with E-state index in [0.717, 1.165) is 10.5 Å². The van der Waals surface area contributed by atoms with Gasteiger partial charge in [0.05, 0.1) is 17.2 Å². The van der Waals surface area contributed by atoms with Gasteiger partial charge in [-0.2, -0.15) is 0 Å². The minimum Gasteiger partial charge on any atom is -0.534 e. The molecule has 4 N–H and O–H groups in total. The number of carboxylic acid groups (broad SMARTS) is 1. The molecule has 4 rings (SSSR count). The largest absolute Gasteiger partial charge is 0.547 e. The van der Waals surface area contributed by atoms with Crippen molar-refractivity contribution in [3.8, 4) is 5.75 Å². The third-order valence-electron chi connectivity index (χ3n) is 6.37. The molecule has 3 heterocycles. The summed E-state index contributed by atoms with van der Waals surface area (Å²) in [7, 11) is -1.57. The summed E-state index contributed by atoms with van der Waals surface area (Å²) in [4.78, 5) is 68.9. The second-order valence-electron chi connectivity index (χ2n) is 8.91. The molecule has 38 heavy (non-hydrogen) atoms. The molecule has 2 aromatic rings. The molecule has 1 fully saturated rings. The Bertz CT molecular complexity index is 1290. The Morgan fingerprint density at radius 3 is 2.61 bits per heavy atom. The van der Waals surface area contributed by atoms with Gasteiger partial charge in [0, 0.05) is 25.8 Å². The smallest absolute Gasteiger partial charge is 0.534 e. The van der Waals surface area contributed by atoms with Crippen molar-refractivity contribution in [1.29, 1.82) is 0 Å². The van der Waals surface area contributed by atoms with Gasteiger partial charge in [-0.1, -0.05) is 18.2 Å². The van der Waals surface area contributed by atoms with Crippen LogP contribution in [-0.4, -0.2) is 87.3 Å². The van der Waals surface area contributed by atoms with E-state index < -0.39 is 48.8 Å². The molecular formula is C24H26BN5O8. The molecule has 0 spiro atoms. The van der Waals surface area contributed by atoms with E-state index in [-0.39, 0.29) is 36.5 Å². The number of benzene rings is 1. The topological polar surface area (TPSA) is 178 Å². The number of piperazine rings is 1. The molecule has 2 aliphatic rings. The molecule has 0 bridgehead atoms. The Labute approximate surface area is 217 Å². The molecule has 14 heteroatoms. The quantitative estimate of drug-likeness (QED) is 0.291. The normalized spacial score (nSPS) is 17.9. The summed E-state index contributed by atoms with van der Waals surface area (Å²) in [5, 5.41) is 25.0. The molecule has 1 saturated heterocycles. The summed E-state index contributed by atoms with van der Waals surface area (Å²) in [5.74, 6) is -4.78. The van der Waals surface area contributed by atoms with Crippen LogP contribution in [0, 0.1) is 6.92 Å². The van der Waals surface area contributed by atoms with Crippen LogP contribution in [-0.2, 0) is 20.8 Å². The van der Waals surface area contributed by atoms with Gasteiger partial charge >= 0.3 is 30.9 Å². The van der Waals surface area contributed by atoms with Crippen LogP contribution in [0.3, 0.4) is 0 Å². The highest BCUT2D eigenvalue weighted by atomic mass is 16.5. The number of rotatable bonds is 6. The van der Waals surface area contributed by atoms with Crippen LogP contribution in [0.2, 0.25) is 0 Å². The summed E-state index contributed by atoms with van der Waals surface area (Å²) in [6.45, 7) is 3.95. The van der Waals surface area contributed by atoms with Gasteiger partial charge in [0.2, 0.25) is 5.91 Å². The molecule has 0 aliphatic carbocycles. The summed E-state index contributed by atoms with van der Waals surface area (Å²) >= 11 is 0. The minimum absolute atomic E-state index is 0.0115. The monoisotopic (exact) mass is 523 g/mol. The van der Waals surface area contributed by atoms with Crippen LogP contribution >= 0.6 is 0 Å². The van der Waals surface area contributed by atoms with E-state index in [1.165, 1.54) is 29.3 Å². The average molecular weight is 523 g/mol. The summed E-state index contributed by atoms with van der Waals surface area (Å²) in [6.07, 6.45) is 1.55. The first-order valence-corrected chi connectivity index (χ1v) is 11.9. The first-order valence-electron chi connectivity index (χ1n) is 11.9. The predicted octanol–water partition coefficient (Wildman–Crippen LogP) is -0.331. The molecule has 0 radical (unpaired) electrons. The van der Waals surface area contributed by atoms with Crippen molar-refractivity contribution in [1.82, 2.24) is 25.4 Å². The lowest BCUT2D eigenvalue weighted by molar-refractivity contribution is -0.153. The van der Waals surface area contributed by atoms with Gasteiger partial charge in [-0.3, -0.25) is 24.3 Å².